The van der Waals surface area contributed by atoms with Crippen LogP contribution in [0.5, 0.6) is 0 Å². The third-order valence-electron chi connectivity index (χ3n) is 2.89. The number of carbonyl (C=O) groups excluding carboxylic acids is 1. The molecule has 0 fully saturated rings. The maximum Gasteiger partial charge on any atom is 0.270 e. The lowest BCUT2D eigenvalue weighted by atomic mass is 10.2. The van der Waals surface area contributed by atoms with Crippen LogP contribution >= 0.6 is 11.6 Å². The minimum Gasteiger partial charge on any atom is -0.348 e. The lowest BCUT2D eigenvalue weighted by Crippen LogP contribution is -2.20. The maximum absolute atomic E-state index is 11.7. The first-order valence-electron chi connectivity index (χ1n) is 6.49. The lowest BCUT2D eigenvalue weighted by molar-refractivity contribution is -0.384. The van der Waals surface area contributed by atoms with Gasteiger partial charge in [0.25, 0.3) is 5.69 Å². The van der Waals surface area contributed by atoms with Crippen LogP contribution in [-0.2, 0) is 11.3 Å². The van der Waals surface area contributed by atoms with E-state index in [2.05, 4.69) is 5.32 Å². The first kappa shape index (κ1) is 15.7. The number of benzene rings is 2. The van der Waals surface area contributed by atoms with E-state index in [0.29, 0.717) is 17.1 Å². The molecule has 2 aromatic rings. The molecule has 0 aliphatic heterocycles. The van der Waals surface area contributed by atoms with Crippen molar-refractivity contribution in [2.24, 2.45) is 0 Å². The molecule has 0 saturated heterocycles. The topological polar surface area (TPSA) is 72.2 Å². The summed E-state index contributed by atoms with van der Waals surface area (Å²) in [4.78, 5) is 21.9. The number of nitrogens with one attached hydrogen (secondary N) is 1. The number of non-ortho nitro benzene ring substituents is 1. The Morgan fingerprint density at radius 3 is 2.64 bits per heavy atom. The zero-order valence-electron chi connectivity index (χ0n) is 11.5. The summed E-state index contributed by atoms with van der Waals surface area (Å²) in [6.45, 7) is 0.384. The minimum absolute atomic E-state index is 0.0104. The Morgan fingerprint density at radius 1 is 1.23 bits per heavy atom. The molecule has 0 heterocycles. The Kier molecular flexibility index (Phi) is 5.27. The molecule has 0 atom stereocenters. The van der Waals surface area contributed by atoms with Gasteiger partial charge in [-0.1, -0.05) is 35.9 Å². The van der Waals surface area contributed by atoms with Crippen molar-refractivity contribution in [2.75, 3.05) is 0 Å². The van der Waals surface area contributed by atoms with E-state index in [9.17, 15) is 14.9 Å². The SMILES string of the molecule is O=C(C=Cc1cccc([N+](=O)[O-])c1)NCc1ccc(Cl)cc1. The number of rotatable bonds is 5. The standard InChI is InChI=1S/C16H13ClN2O3/c17-14-7-4-13(5-8-14)11-18-16(20)9-6-12-2-1-3-15(10-12)19(21)22/h1-10H,11H2,(H,18,20). The van der Waals surface area contributed by atoms with Gasteiger partial charge in [0.15, 0.2) is 0 Å². The van der Waals surface area contributed by atoms with Crippen LogP contribution in [0.1, 0.15) is 11.1 Å². The fourth-order valence-electron chi connectivity index (χ4n) is 1.76. The number of nitrogens with zero attached hydrogens (tertiary/aromatic N) is 1. The molecule has 0 aliphatic carbocycles. The van der Waals surface area contributed by atoms with Crippen molar-refractivity contribution >= 4 is 29.3 Å². The van der Waals surface area contributed by atoms with Gasteiger partial charge in [-0.2, -0.15) is 0 Å². The summed E-state index contributed by atoms with van der Waals surface area (Å²) >= 11 is 5.78. The fraction of sp³-hybridized carbons (Fsp3) is 0.0625. The second kappa shape index (κ2) is 7.38. The van der Waals surface area contributed by atoms with Crippen LogP contribution in [0.3, 0.4) is 0 Å². The predicted molar refractivity (Wildman–Crippen MR) is 85.4 cm³/mol. The number of hydrogen-bond acceptors (Lipinski definition) is 3. The van der Waals surface area contributed by atoms with Crippen LogP contribution in [0.15, 0.2) is 54.6 Å². The van der Waals surface area contributed by atoms with Gasteiger partial charge < -0.3 is 5.32 Å². The summed E-state index contributed by atoms with van der Waals surface area (Å²) in [5, 5.41) is 14.0. The van der Waals surface area contributed by atoms with E-state index in [1.165, 1.54) is 24.3 Å². The zero-order chi connectivity index (χ0) is 15.9. The third-order valence-corrected chi connectivity index (χ3v) is 3.14. The summed E-state index contributed by atoms with van der Waals surface area (Å²) in [6.07, 6.45) is 2.87. The smallest absolute Gasteiger partial charge is 0.270 e. The molecule has 1 N–H and O–H groups in total. The maximum atomic E-state index is 11.7. The number of amides is 1. The third kappa shape index (κ3) is 4.71. The van der Waals surface area contributed by atoms with Gasteiger partial charge in [0.1, 0.15) is 0 Å². The molecular weight excluding hydrogens is 304 g/mol. The van der Waals surface area contributed by atoms with Crippen LogP contribution in [0.2, 0.25) is 5.02 Å². The average molecular weight is 317 g/mol. The number of nitro benzene ring substituents is 1. The lowest BCUT2D eigenvalue weighted by Gasteiger charge is -2.02. The Morgan fingerprint density at radius 2 is 1.95 bits per heavy atom. The van der Waals surface area contributed by atoms with Gasteiger partial charge in [-0.3, -0.25) is 14.9 Å². The summed E-state index contributed by atoms with van der Waals surface area (Å²) in [5.41, 5.74) is 1.51. The molecule has 0 saturated carbocycles. The molecule has 0 unspecified atom stereocenters. The van der Waals surface area contributed by atoms with Gasteiger partial charge in [0.2, 0.25) is 5.91 Å². The molecular formula is C16H13ClN2O3. The highest BCUT2D eigenvalue weighted by atomic mass is 35.5. The van der Waals surface area contributed by atoms with Crippen molar-refractivity contribution in [3.63, 3.8) is 0 Å². The van der Waals surface area contributed by atoms with E-state index in [1.54, 1.807) is 24.3 Å². The molecule has 0 spiro atoms. The summed E-state index contributed by atoms with van der Waals surface area (Å²) < 4.78 is 0. The van der Waals surface area contributed by atoms with Gasteiger partial charge in [-0.25, -0.2) is 0 Å². The van der Waals surface area contributed by atoms with Crippen molar-refractivity contribution < 1.29 is 9.72 Å². The fourth-order valence-corrected chi connectivity index (χ4v) is 1.89. The summed E-state index contributed by atoms with van der Waals surface area (Å²) in [7, 11) is 0. The number of nitro groups is 1. The second-order valence-electron chi connectivity index (χ2n) is 4.53. The summed E-state index contributed by atoms with van der Waals surface area (Å²) in [6, 6.07) is 13.2. The van der Waals surface area contributed by atoms with Gasteiger partial charge in [-0.05, 0) is 29.3 Å². The molecule has 22 heavy (non-hydrogen) atoms. The van der Waals surface area contributed by atoms with Crippen LogP contribution in [0.25, 0.3) is 6.08 Å². The zero-order valence-corrected chi connectivity index (χ0v) is 12.3. The van der Waals surface area contributed by atoms with E-state index in [-0.39, 0.29) is 11.6 Å². The first-order valence-corrected chi connectivity index (χ1v) is 6.87. The van der Waals surface area contributed by atoms with Crippen molar-refractivity contribution in [3.05, 3.63) is 80.9 Å². The molecule has 0 radical (unpaired) electrons. The van der Waals surface area contributed by atoms with Crippen molar-refractivity contribution in [1.82, 2.24) is 5.32 Å². The van der Waals surface area contributed by atoms with E-state index in [1.807, 2.05) is 12.1 Å². The summed E-state index contributed by atoms with van der Waals surface area (Å²) in [5.74, 6) is -0.276. The van der Waals surface area contributed by atoms with E-state index >= 15 is 0 Å². The number of hydrogen-bond donors (Lipinski definition) is 1. The monoisotopic (exact) mass is 316 g/mol. The molecule has 112 valence electrons. The molecule has 5 nitrogen and oxygen atoms in total. The van der Waals surface area contributed by atoms with Crippen molar-refractivity contribution in [2.45, 2.75) is 6.54 Å². The van der Waals surface area contributed by atoms with Crippen molar-refractivity contribution in [3.8, 4) is 0 Å². The second-order valence-corrected chi connectivity index (χ2v) is 4.97. The van der Waals surface area contributed by atoms with Crippen LogP contribution in [-0.4, -0.2) is 10.8 Å². The van der Waals surface area contributed by atoms with E-state index < -0.39 is 4.92 Å². The molecule has 0 aromatic heterocycles. The predicted octanol–water partition coefficient (Wildman–Crippen LogP) is 3.58. The average Bonchev–Trinajstić information content (AvgIpc) is 2.52. The van der Waals surface area contributed by atoms with Gasteiger partial charge in [0, 0.05) is 29.8 Å². The van der Waals surface area contributed by atoms with E-state index in [0.717, 1.165) is 5.56 Å². The minimum atomic E-state index is -0.474. The first-order chi connectivity index (χ1) is 10.5. The Bertz CT molecular complexity index is 712. The number of carbonyl (C=O) groups is 1. The molecule has 6 heteroatoms. The van der Waals surface area contributed by atoms with Crippen LogP contribution in [0.4, 0.5) is 5.69 Å². The highest BCUT2D eigenvalue weighted by Crippen LogP contribution is 2.14. The van der Waals surface area contributed by atoms with Crippen molar-refractivity contribution in [1.29, 1.82) is 0 Å². The van der Waals surface area contributed by atoms with Crippen LogP contribution < -0.4 is 5.32 Å². The van der Waals surface area contributed by atoms with Gasteiger partial charge in [-0.15, -0.1) is 0 Å². The molecule has 0 aliphatic rings. The van der Waals surface area contributed by atoms with Crippen LogP contribution in [0, 0.1) is 10.1 Å². The largest absolute Gasteiger partial charge is 0.348 e. The number of halogens is 1. The molecule has 2 aromatic carbocycles. The molecule has 2 rings (SSSR count). The Labute approximate surface area is 132 Å². The normalized spacial score (nSPS) is 10.6. The molecule has 0 bridgehead atoms. The highest BCUT2D eigenvalue weighted by Gasteiger charge is 2.04. The highest BCUT2D eigenvalue weighted by molar-refractivity contribution is 6.30. The Hall–Kier alpha value is -2.66. The van der Waals surface area contributed by atoms with Gasteiger partial charge in [0.05, 0.1) is 4.92 Å². The quantitative estimate of drug-likeness (QED) is 0.520. The molecule has 1 amide bonds. The van der Waals surface area contributed by atoms with E-state index in [4.69, 9.17) is 11.6 Å². The van der Waals surface area contributed by atoms with Gasteiger partial charge >= 0.3 is 0 Å². The Balaban J connectivity index is 1.92.